The van der Waals surface area contributed by atoms with Gasteiger partial charge in [0.1, 0.15) is 5.82 Å². The van der Waals surface area contributed by atoms with E-state index in [4.69, 9.17) is 0 Å². The lowest BCUT2D eigenvalue weighted by molar-refractivity contribution is -0.137. The van der Waals surface area contributed by atoms with Crippen LogP contribution >= 0.6 is 15.9 Å². The van der Waals surface area contributed by atoms with Crippen molar-refractivity contribution in [2.24, 2.45) is 0 Å². The van der Waals surface area contributed by atoms with E-state index < -0.39 is 11.7 Å². The van der Waals surface area contributed by atoms with Crippen LogP contribution in [-0.2, 0) is 6.18 Å². The SMILES string of the molecule is CCCCNc1ncc(C(F)(F)F)cc1Br. The molecular weight excluding hydrogens is 285 g/mol. The summed E-state index contributed by atoms with van der Waals surface area (Å²) in [6.45, 7) is 2.74. The molecule has 0 aliphatic carbocycles. The van der Waals surface area contributed by atoms with E-state index in [-0.39, 0.29) is 0 Å². The first-order valence-corrected chi connectivity index (χ1v) is 5.71. The molecule has 1 heterocycles. The van der Waals surface area contributed by atoms with E-state index in [0.29, 0.717) is 16.8 Å². The molecule has 0 saturated heterocycles. The smallest absolute Gasteiger partial charge is 0.369 e. The maximum atomic E-state index is 12.3. The number of hydrogen-bond donors (Lipinski definition) is 1. The van der Waals surface area contributed by atoms with Gasteiger partial charge in [0, 0.05) is 12.7 Å². The van der Waals surface area contributed by atoms with Gasteiger partial charge < -0.3 is 5.32 Å². The second-order valence-corrected chi connectivity index (χ2v) is 4.19. The van der Waals surface area contributed by atoms with Gasteiger partial charge in [-0.1, -0.05) is 13.3 Å². The van der Waals surface area contributed by atoms with Crippen LogP contribution in [-0.4, -0.2) is 11.5 Å². The van der Waals surface area contributed by atoms with Crippen molar-refractivity contribution in [3.8, 4) is 0 Å². The molecule has 2 nitrogen and oxygen atoms in total. The van der Waals surface area contributed by atoms with E-state index in [2.05, 4.69) is 26.2 Å². The first-order chi connectivity index (χ1) is 7.45. The summed E-state index contributed by atoms with van der Waals surface area (Å²) in [5.74, 6) is 0.446. The van der Waals surface area contributed by atoms with Crippen molar-refractivity contribution >= 4 is 21.7 Å². The molecule has 1 N–H and O–H groups in total. The van der Waals surface area contributed by atoms with Crippen LogP contribution in [0.1, 0.15) is 25.3 Å². The van der Waals surface area contributed by atoms with Crippen molar-refractivity contribution in [2.45, 2.75) is 25.9 Å². The lowest BCUT2D eigenvalue weighted by atomic mass is 10.2. The summed E-state index contributed by atoms with van der Waals surface area (Å²) >= 11 is 3.07. The number of rotatable bonds is 4. The summed E-state index contributed by atoms with van der Waals surface area (Å²) in [7, 11) is 0. The summed E-state index contributed by atoms with van der Waals surface area (Å²) in [6, 6.07) is 1.03. The average Bonchev–Trinajstić information content (AvgIpc) is 2.19. The Morgan fingerprint density at radius 1 is 1.44 bits per heavy atom. The van der Waals surface area contributed by atoms with Crippen molar-refractivity contribution in [1.29, 1.82) is 0 Å². The molecule has 0 fully saturated rings. The fraction of sp³-hybridized carbons (Fsp3) is 0.500. The normalized spacial score (nSPS) is 11.6. The van der Waals surface area contributed by atoms with E-state index in [1.807, 2.05) is 6.92 Å². The largest absolute Gasteiger partial charge is 0.417 e. The van der Waals surface area contributed by atoms with Gasteiger partial charge in [-0.15, -0.1) is 0 Å². The van der Waals surface area contributed by atoms with E-state index in [1.165, 1.54) is 0 Å². The fourth-order valence-electron chi connectivity index (χ4n) is 1.11. The Morgan fingerprint density at radius 3 is 2.62 bits per heavy atom. The minimum atomic E-state index is -4.35. The predicted molar refractivity (Wildman–Crippen MR) is 60.3 cm³/mol. The number of nitrogens with zero attached hydrogens (tertiary/aromatic N) is 1. The fourth-order valence-corrected chi connectivity index (χ4v) is 1.60. The minimum absolute atomic E-state index is 0.332. The molecule has 0 radical (unpaired) electrons. The number of pyridine rings is 1. The zero-order valence-electron chi connectivity index (χ0n) is 8.74. The predicted octanol–water partition coefficient (Wildman–Crippen LogP) is 4.07. The number of hydrogen-bond acceptors (Lipinski definition) is 2. The topological polar surface area (TPSA) is 24.9 Å². The van der Waals surface area contributed by atoms with Gasteiger partial charge in [-0.2, -0.15) is 13.2 Å². The maximum absolute atomic E-state index is 12.3. The van der Waals surface area contributed by atoms with Gasteiger partial charge in [-0.3, -0.25) is 0 Å². The molecule has 1 aromatic rings. The molecule has 6 heteroatoms. The zero-order valence-corrected chi connectivity index (χ0v) is 10.3. The van der Waals surface area contributed by atoms with Gasteiger partial charge in [-0.25, -0.2) is 4.98 Å². The number of unbranched alkanes of at least 4 members (excludes halogenated alkanes) is 1. The number of nitrogens with one attached hydrogen (secondary N) is 1. The van der Waals surface area contributed by atoms with Crippen LogP contribution in [0, 0.1) is 0 Å². The van der Waals surface area contributed by atoms with Crippen LogP contribution in [0.5, 0.6) is 0 Å². The quantitative estimate of drug-likeness (QED) is 0.847. The van der Waals surface area contributed by atoms with Gasteiger partial charge in [0.05, 0.1) is 10.0 Å². The highest BCUT2D eigenvalue weighted by atomic mass is 79.9. The molecule has 16 heavy (non-hydrogen) atoms. The van der Waals surface area contributed by atoms with Crippen LogP contribution in [0.4, 0.5) is 19.0 Å². The van der Waals surface area contributed by atoms with Crippen LogP contribution in [0.2, 0.25) is 0 Å². The molecule has 0 bridgehead atoms. The standard InChI is InChI=1S/C10H12BrF3N2/c1-2-3-4-15-9-8(11)5-7(6-16-9)10(12,13)14/h5-6H,2-4H2,1H3,(H,15,16). The molecule has 1 aromatic heterocycles. The molecule has 0 unspecified atom stereocenters. The van der Waals surface area contributed by atoms with Gasteiger partial charge in [0.15, 0.2) is 0 Å². The van der Waals surface area contributed by atoms with Crippen LogP contribution < -0.4 is 5.32 Å². The van der Waals surface area contributed by atoms with Crippen molar-refractivity contribution in [2.75, 3.05) is 11.9 Å². The molecule has 0 aliphatic rings. The summed E-state index contributed by atoms with van der Waals surface area (Å²) in [5, 5.41) is 2.97. The highest BCUT2D eigenvalue weighted by Crippen LogP contribution is 2.32. The Bertz CT molecular complexity index is 352. The lowest BCUT2D eigenvalue weighted by Gasteiger charge is -2.10. The third kappa shape index (κ3) is 3.66. The van der Waals surface area contributed by atoms with Crippen molar-refractivity contribution in [3.05, 3.63) is 22.3 Å². The van der Waals surface area contributed by atoms with Crippen LogP contribution in [0.15, 0.2) is 16.7 Å². The monoisotopic (exact) mass is 296 g/mol. The van der Waals surface area contributed by atoms with Crippen molar-refractivity contribution in [1.82, 2.24) is 4.98 Å². The van der Waals surface area contributed by atoms with Gasteiger partial charge in [0.2, 0.25) is 0 Å². The molecule has 1 rings (SSSR count). The second kappa shape index (κ2) is 5.52. The van der Waals surface area contributed by atoms with Crippen LogP contribution in [0.25, 0.3) is 0 Å². The third-order valence-corrected chi connectivity index (χ3v) is 2.60. The summed E-state index contributed by atoms with van der Waals surface area (Å²) in [4.78, 5) is 3.74. The number of alkyl halides is 3. The maximum Gasteiger partial charge on any atom is 0.417 e. The average molecular weight is 297 g/mol. The van der Waals surface area contributed by atoms with E-state index in [9.17, 15) is 13.2 Å². The zero-order chi connectivity index (χ0) is 12.2. The number of anilines is 1. The minimum Gasteiger partial charge on any atom is -0.369 e. The third-order valence-electron chi connectivity index (χ3n) is 1.99. The van der Waals surface area contributed by atoms with Gasteiger partial charge in [0.25, 0.3) is 0 Å². The molecule has 0 aliphatic heterocycles. The number of aromatic nitrogens is 1. The van der Waals surface area contributed by atoms with Gasteiger partial charge >= 0.3 is 6.18 Å². The molecule has 0 aromatic carbocycles. The summed E-state index contributed by atoms with van der Waals surface area (Å²) < 4.78 is 37.3. The second-order valence-electron chi connectivity index (χ2n) is 3.33. The molecule has 0 amide bonds. The van der Waals surface area contributed by atoms with Gasteiger partial charge in [-0.05, 0) is 28.4 Å². The Kier molecular flexibility index (Phi) is 4.58. The number of halogens is 4. The van der Waals surface area contributed by atoms with E-state index in [1.54, 1.807) is 0 Å². The molecule has 0 spiro atoms. The Labute approximate surface area is 100 Å². The van der Waals surface area contributed by atoms with Crippen LogP contribution in [0.3, 0.4) is 0 Å². The molecule has 0 saturated carbocycles. The van der Waals surface area contributed by atoms with Crippen molar-refractivity contribution in [3.63, 3.8) is 0 Å². The Morgan fingerprint density at radius 2 is 2.12 bits per heavy atom. The lowest BCUT2D eigenvalue weighted by Crippen LogP contribution is -2.08. The highest BCUT2D eigenvalue weighted by Gasteiger charge is 2.31. The first kappa shape index (κ1) is 13.3. The molecular formula is C10H12BrF3N2. The molecule has 90 valence electrons. The Balaban J connectivity index is 2.76. The summed E-state index contributed by atoms with van der Waals surface area (Å²) in [6.07, 6.45) is -1.54. The van der Waals surface area contributed by atoms with E-state index >= 15 is 0 Å². The summed E-state index contributed by atoms with van der Waals surface area (Å²) in [5.41, 5.74) is -0.750. The highest BCUT2D eigenvalue weighted by molar-refractivity contribution is 9.10. The first-order valence-electron chi connectivity index (χ1n) is 4.91. The van der Waals surface area contributed by atoms with Crippen molar-refractivity contribution < 1.29 is 13.2 Å². The Hall–Kier alpha value is -0.780. The van der Waals surface area contributed by atoms with E-state index in [0.717, 1.165) is 25.1 Å². The molecule has 0 atom stereocenters.